The van der Waals surface area contributed by atoms with Crippen LogP contribution in [0.5, 0.6) is 0 Å². The summed E-state index contributed by atoms with van der Waals surface area (Å²) in [5.74, 6) is 0.144. The monoisotopic (exact) mass is 435 g/mol. The SMILES string of the molecule is CC(C)N(CC1CCN(C(=O)OC(C)(C)C)CC1)C1CC(OCc2cccnc2F)C1. The highest BCUT2D eigenvalue weighted by atomic mass is 19.1. The van der Waals surface area contributed by atoms with Crippen LogP contribution >= 0.6 is 0 Å². The van der Waals surface area contributed by atoms with Gasteiger partial charge in [0, 0.05) is 43.5 Å². The molecule has 1 aromatic rings. The first kappa shape index (κ1) is 23.9. The quantitative estimate of drug-likeness (QED) is 0.585. The van der Waals surface area contributed by atoms with Crippen molar-refractivity contribution in [1.82, 2.24) is 14.8 Å². The summed E-state index contributed by atoms with van der Waals surface area (Å²) in [5, 5.41) is 0. The van der Waals surface area contributed by atoms with Crippen LogP contribution in [0.2, 0.25) is 0 Å². The summed E-state index contributed by atoms with van der Waals surface area (Å²) >= 11 is 0. The Labute approximate surface area is 186 Å². The summed E-state index contributed by atoms with van der Waals surface area (Å²) in [4.78, 5) is 20.4. The molecule has 2 fully saturated rings. The third-order valence-corrected chi connectivity index (χ3v) is 6.25. The molecule has 0 aromatic carbocycles. The van der Waals surface area contributed by atoms with Crippen LogP contribution in [0.1, 0.15) is 65.9 Å². The number of pyridine rings is 1. The third-order valence-electron chi connectivity index (χ3n) is 6.25. The maximum atomic E-state index is 13.7. The van der Waals surface area contributed by atoms with E-state index in [4.69, 9.17) is 9.47 Å². The van der Waals surface area contributed by atoms with E-state index in [0.29, 0.717) is 23.6 Å². The Kier molecular flexibility index (Phi) is 7.92. The molecule has 0 atom stereocenters. The van der Waals surface area contributed by atoms with Gasteiger partial charge in [0.05, 0.1) is 12.7 Å². The largest absolute Gasteiger partial charge is 0.444 e. The Morgan fingerprint density at radius 1 is 1.29 bits per heavy atom. The number of ether oxygens (including phenoxy) is 2. The Morgan fingerprint density at radius 2 is 1.97 bits per heavy atom. The van der Waals surface area contributed by atoms with Gasteiger partial charge in [-0.3, -0.25) is 4.90 Å². The minimum absolute atomic E-state index is 0.180. The molecule has 31 heavy (non-hydrogen) atoms. The number of carbonyl (C=O) groups is 1. The van der Waals surface area contributed by atoms with Crippen LogP contribution in [0.25, 0.3) is 0 Å². The van der Waals surface area contributed by atoms with Gasteiger partial charge >= 0.3 is 6.09 Å². The fourth-order valence-electron chi connectivity index (χ4n) is 4.38. The number of hydrogen-bond donors (Lipinski definition) is 0. The summed E-state index contributed by atoms with van der Waals surface area (Å²) in [7, 11) is 0. The Morgan fingerprint density at radius 3 is 2.55 bits per heavy atom. The average molecular weight is 436 g/mol. The van der Waals surface area contributed by atoms with Crippen molar-refractivity contribution < 1.29 is 18.7 Å². The minimum Gasteiger partial charge on any atom is -0.444 e. The second-order valence-corrected chi connectivity index (χ2v) is 10.2. The lowest BCUT2D eigenvalue weighted by Crippen LogP contribution is -2.53. The summed E-state index contributed by atoms with van der Waals surface area (Å²) in [6.45, 7) is 13.1. The molecule has 3 rings (SSSR count). The van der Waals surface area contributed by atoms with Crippen LogP contribution in [-0.2, 0) is 16.1 Å². The van der Waals surface area contributed by atoms with Gasteiger partial charge < -0.3 is 14.4 Å². The number of hydrogen-bond acceptors (Lipinski definition) is 5. The molecule has 0 unspecified atom stereocenters. The van der Waals surface area contributed by atoms with Crippen LogP contribution in [0.15, 0.2) is 18.3 Å². The van der Waals surface area contributed by atoms with E-state index >= 15 is 0 Å². The van der Waals surface area contributed by atoms with E-state index in [1.165, 1.54) is 6.20 Å². The first-order chi connectivity index (χ1) is 14.6. The minimum atomic E-state index is -0.450. The lowest BCUT2D eigenvalue weighted by molar-refractivity contribution is -0.0715. The van der Waals surface area contributed by atoms with Gasteiger partial charge in [0.25, 0.3) is 0 Å². The highest BCUT2D eigenvalue weighted by molar-refractivity contribution is 5.68. The topological polar surface area (TPSA) is 54.9 Å². The van der Waals surface area contributed by atoms with Crippen molar-refractivity contribution in [3.63, 3.8) is 0 Å². The molecular weight excluding hydrogens is 397 g/mol. The zero-order valence-corrected chi connectivity index (χ0v) is 19.6. The molecule has 1 amide bonds. The van der Waals surface area contributed by atoms with Gasteiger partial charge in [-0.05, 0) is 72.3 Å². The number of halogens is 1. The van der Waals surface area contributed by atoms with Crippen molar-refractivity contribution in [1.29, 1.82) is 0 Å². The molecule has 1 aliphatic carbocycles. The molecule has 7 heteroatoms. The third kappa shape index (κ3) is 6.88. The van der Waals surface area contributed by atoms with Crippen LogP contribution in [-0.4, -0.2) is 64.3 Å². The summed E-state index contributed by atoms with van der Waals surface area (Å²) in [6, 6.07) is 4.43. The van der Waals surface area contributed by atoms with E-state index in [1.807, 2.05) is 25.7 Å². The predicted octanol–water partition coefficient (Wildman–Crippen LogP) is 4.63. The van der Waals surface area contributed by atoms with Crippen molar-refractivity contribution in [3.05, 3.63) is 29.8 Å². The number of nitrogens with zero attached hydrogens (tertiary/aromatic N) is 3. The Balaban J connectivity index is 1.41. The second kappa shape index (κ2) is 10.3. The molecule has 2 aliphatic rings. The summed E-state index contributed by atoms with van der Waals surface area (Å²) < 4.78 is 25.1. The molecule has 1 aliphatic heterocycles. The highest BCUT2D eigenvalue weighted by Gasteiger charge is 2.37. The van der Waals surface area contributed by atoms with Crippen molar-refractivity contribution in [2.24, 2.45) is 5.92 Å². The van der Waals surface area contributed by atoms with E-state index in [-0.39, 0.29) is 18.8 Å². The number of piperidine rings is 1. The van der Waals surface area contributed by atoms with Crippen LogP contribution < -0.4 is 0 Å². The highest BCUT2D eigenvalue weighted by Crippen LogP contribution is 2.32. The number of aromatic nitrogens is 1. The van der Waals surface area contributed by atoms with Crippen LogP contribution in [0.3, 0.4) is 0 Å². The second-order valence-electron chi connectivity index (χ2n) is 10.2. The van der Waals surface area contributed by atoms with Crippen LogP contribution in [0.4, 0.5) is 9.18 Å². The molecule has 6 nitrogen and oxygen atoms in total. The molecule has 0 radical (unpaired) electrons. The van der Waals surface area contributed by atoms with Gasteiger partial charge in [-0.2, -0.15) is 4.39 Å². The molecular formula is C24H38FN3O3. The predicted molar refractivity (Wildman–Crippen MR) is 118 cm³/mol. The van der Waals surface area contributed by atoms with Gasteiger partial charge in [0.15, 0.2) is 0 Å². The summed E-state index contributed by atoms with van der Waals surface area (Å²) in [6.07, 6.45) is 5.42. The number of likely N-dealkylation sites (tertiary alicyclic amines) is 1. The smallest absolute Gasteiger partial charge is 0.410 e. The maximum Gasteiger partial charge on any atom is 0.410 e. The molecule has 2 heterocycles. The van der Waals surface area contributed by atoms with Crippen molar-refractivity contribution in [2.75, 3.05) is 19.6 Å². The maximum absolute atomic E-state index is 13.7. The lowest BCUT2D eigenvalue weighted by atomic mass is 9.85. The van der Waals surface area contributed by atoms with Gasteiger partial charge in [-0.25, -0.2) is 9.78 Å². The molecule has 0 bridgehead atoms. The van der Waals surface area contributed by atoms with E-state index in [9.17, 15) is 9.18 Å². The fraction of sp³-hybridized carbons (Fsp3) is 0.750. The lowest BCUT2D eigenvalue weighted by Gasteiger charge is -2.46. The first-order valence-corrected chi connectivity index (χ1v) is 11.6. The normalized spacial score (nSPS) is 22.6. The van der Waals surface area contributed by atoms with Crippen molar-refractivity contribution in [3.8, 4) is 0 Å². The van der Waals surface area contributed by atoms with E-state index < -0.39 is 11.5 Å². The van der Waals surface area contributed by atoms with E-state index in [2.05, 4.69) is 23.7 Å². The molecule has 0 N–H and O–H groups in total. The first-order valence-electron chi connectivity index (χ1n) is 11.6. The van der Waals surface area contributed by atoms with E-state index in [0.717, 1.165) is 45.3 Å². The number of rotatable bonds is 7. The van der Waals surface area contributed by atoms with Crippen molar-refractivity contribution >= 4 is 6.09 Å². The molecule has 1 aromatic heterocycles. The molecule has 1 saturated carbocycles. The van der Waals surface area contributed by atoms with E-state index in [1.54, 1.807) is 12.1 Å². The number of carbonyl (C=O) groups excluding carboxylic acids is 1. The molecule has 174 valence electrons. The number of amides is 1. The van der Waals surface area contributed by atoms with Gasteiger partial charge in [0.2, 0.25) is 5.95 Å². The van der Waals surface area contributed by atoms with Gasteiger partial charge in [-0.15, -0.1) is 0 Å². The summed E-state index contributed by atoms with van der Waals surface area (Å²) in [5.41, 5.74) is 0.0667. The standard InChI is InChI=1S/C24H38FN3O3/c1-17(2)28(15-18-8-11-27(12-9-18)23(29)31-24(3,4)5)20-13-21(14-20)30-16-19-7-6-10-26-22(19)25/h6-7,10,17-18,20-21H,8-9,11-16H2,1-5H3. The zero-order valence-electron chi connectivity index (χ0n) is 19.6. The molecule has 0 spiro atoms. The van der Waals surface area contributed by atoms with Crippen molar-refractivity contribution in [2.45, 2.75) is 90.7 Å². The van der Waals surface area contributed by atoms with Gasteiger partial charge in [-0.1, -0.05) is 6.07 Å². The fourth-order valence-corrected chi connectivity index (χ4v) is 4.38. The average Bonchev–Trinajstić information content (AvgIpc) is 2.66. The zero-order chi connectivity index (χ0) is 22.6. The Bertz CT molecular complexity index is 723. The van der Waals surface area contributed by atoms with Gasteiger partial charge in [0.1, 0.15) is 5.60 Å². The molecule has 1 saturated heterocycles. The Hall–Kier alpha value is -1.73. The van der Waals surface area contributed by atoms with Crippen LogP contribution in [0, 0.1) is 11.9 Å².